The Hall–Kier alpha value is -1.59. The normalized spacial score (nSPS) is 27.7. The van der Waals surface area contributed by atoms with E-state index in [-0.39, 0.29) is 18.4 Å². The Labute approximate surface area is 112 Å². The van der Waals surface area contributed by atoms with Crippen LogP contribution in [0.5, 0.6) is 0 Å². The molecule has 2 rings (SSSR count). The van der Waals surface area contributed by atoms with Gasteiger partial charge in [0.15, 0.2) is 0 Å². The summed E-state index contributed by atoms with van der Waals surface area (Å²) in [7, 11) is 0. The van der Waals surface area contributed by atoms with E-state index in [1.807, 2.05) is 0 Å². The van der Waals surface area contributed by atoms with E-state index in [9.17, 15) is 19.5 Å². The summed E-state index contributed by atoms with van der Waals surface area (Å²) in [5, 5.41) is 9.36. The largest absolute Gasteiger partial charge is 0.480 e. The Bertz CT molecular complexity index is 409. The first kappa shape index (κ1) is 13.8. The molecule has 0 radical (unpaired) electrons. The Kier molecular flexibility index (Phi) is 3.78. The van der Waals surface area contributed by atoms with E-state index < -0.39 is 11.5 Å². The second-order valence-corrected chi connectivity index (χ2v) is 5.50. The molecule has 2 heterocycles. The van der Waals surface area contributed by atoms with E-state index >= 15 is 0 Å². The predicted molar refractivity (Wildman–Crippen MR) is 67.4 cm³/mol. The van der Waals surface area contributed by atoms with Crippen LogP contribution in [0.2, 0.25) is 0 Å². The fourth-order valence-corrected chi connectivity index (χ4v) is 2.86. The third kappa shape index (κ3) is 2.57. The summed E-state index contributed by atoms with van der Waals surface area (Å²) in [4.78, 5) is 38.2. The van der Waals surface area contributed by atoms with E-state index in [0.717, 1.165) is 19.3 Å². The molecular weight excluding hydrogens is 248 g/mol. The molecule has 6 heteroatoms. The summed E-state index contributed by atoms with van der Waals surface area (Å²) in [6.07, 6.45) is 3.38. The number of carbonyl (C=O) groups is 3. The maximum atomic E-state index is 12.3. The molecule has 1 N–H and O–H groups in total. The second-order valence-electron chi connectivity index (χ2n) is 5.50. The Balaban J connectivity index is 2.07. The molecule has 19 heavy (non-hydrogen) atoms. The van der Waals surface area contributed by atoms with Gasteiger partial charge in [0.25, 0.3) is 0 Å². The lowest BCUT2D eigenvalue weighted by atomic mass is 9.88. The lowest BCUT2D eigenvalue weighted by molar-refractivity contribution is -0.161. The molecule has 0 aliphatic carbocycles. The van der Waals surface area contributed by atoms with Crippen molar-refractivity contribution in [1.29, 1.82) is 0 Å². The standard InChI is InChI=1S/C13H20N2O4/c1-13(12(18)19)6-2-3-8-15(13)11(17)9-14-7-4-5-10(14)16/h2-9H2,1H3,(H,18,19). The number of amides is 2. The van der Waals surface area contributed by atoms with Gasteiger partial charge in [-0.1, -0.05) is 0 Å². The van der Waals surface area contributed by atoms with Crippen molar-refractivity contribution in [2.45, 2.75) is 44.6 Å². The Morgan fingerprint density at radius 1 is 1.26 bits per heavy atom. The smallest absolute Gasteiger partial charge is 0.329 e. The predicted octanol–water partition coefficient (Wildman–Crippen LogP) is 0.465. The third-order valence-corrected chi connectivity index (χ3v) is 4.15. The van der Waals surface area contributed by atoms with Crippen molar-refractivity contribution in [2.24, 2.45) is 0 Å². The first-order valence-electron chi connectivity index (χ1n) is 6.77. The SMILES string of the molecule is CC1(C(=O)O)CCCCN1C(=O)CN1CCCC1=O. The molecule has 0 aromatic rings. The van der Waals surface area contributed by atoms with E-state index in [2.05, 4.69) is 0 Å². The van der Waals surface area contributed by atoms with Gasteiger partial charge in [0.1, 0.15) is 5.54 Å². The molecule has 6 nitrogen and oxygen atoms in total. The number of piperidine rings is 1. The Morgan fingerprint density at radius 2 is 2.00 bits per heavy atom. The minimum absolute atomic E-state index is 0.0117. The molecule has 106 valence electrons. The molecule has 2 aliphatic heterocycles. The van der Waals surface area contributed by atoms with Crippen LogP contribution in [0.3, 0.4) is 0 Å². The first-order chi connectivity index (χ1) is 8.95. The van der Waals surface area contributed by atoms with Gasteiger partial charge in [0.2, 0.25) is 11.8 Å². The lowest BCUT2D eigenvalue weighted by Crippen LogP contribution is -2.59. The number of rotatable bonds is 3. The van der Waals surface area contributed by atoms with Gasteiger partial charge >= 0.3 is 5.97 Å². The summed E-state index contributed by atoms with van der Waals surface area (Å²) in [5.74, 6) is -1.23. The molecule has 0 spiro atoms. The molecule has 2 amide bonds. The highest BCUT2D eigenvalue weighted by atomic mass is 16.4. The van der Waals surface area contributed by atoms with Gasteiger partial charge in [0, 0.05) is 19.5 Å². The van der Waals surface area contributed by atoms with Crippen molar-refractivity contribution in [2.75, 3.05) is 19.6 Å². The molecule has 1 unspecified atom stereocenters. The van der Waals surface area contributed by atoms with Crippen LogP contribution in [0, 0.1) is 0 Å². The third-order valence-electron chi connectivity index (χ3n) is 4.15. The van der Waals surface area contributed by atoms with Crippen LogP contribution in [0.15, 0.2) is 0 Å². The highest BCUT2D eigenvalue weighted by Gasteiger charge is 2.44. The van der Waals surface area contributed by atoms with Crippen LogP contribution in [0.25, 0.3) is 0 Å². The quantitative estimate of drug-likeness (QED) is 0.807. The van der Waals surface area contributed by atoms with Gasteiger partial charge in [-0.3, -0.25) is 9.59 Å². The molecule has 0 aromatic carbocycles. The van der Waals surface area contributed by atoms with Gasteiger partial charge < -0.3 is 14.9 Å². The van der Waals surface area contributed by atoms with Crippen molar-refractivity contribution in [3.8, 4) is 0 Å². The monoisotopic (exact) mass is 268 g/mol. The topological polar surface area (TPSA) is 77.9 Å². The number of carboxylic acids is 1. The summed E-state index contributed by atoms with van der Waals surface area (Å²) < 4.78 is 0. The van der Waals surface area contributed by atoms with Crippen molar-refractivity contribution in [1.82, 2.24) is 9.80 Å². The van der Waals surface area contributed by atoms with E-state index in [4.69, 9.17) is 0 Å². The zero-order valence-electron chi connectivity index (χ0n) is 11.2. The summed E-state index contributed by atoms with van der Waals surface area (Å²) in [6.45, 7) is 2.67. The molecule has 0 bridgehead atoms. The van der Waals surface area contributed by atoms with Crippen LogP contribution in [0.1, 0.15) is 39.0 Å². The van der Waals surface area contributed by atoms with Crippen molar-refractivity contribution >= 4 is 17.8 Å². The van der Waals surface area contributed by atoms with Crippen LogP contribution < -0.4 is 0 Å². The van der Waals surface area contributed by atoms with Gasteiger partial charge in [-0.2, -0.15) is 0 Å². The zero-order valence-corrected chi connectivity index (χ0v) is 11.2. The highest BCUT2D eigenvalue weighted by molar-refractivity contribution is 5.90. The van der Waals surface area contributed by atoms with E-state index in [0.29, 0.717) is 25.9 Å². The minimum atomic E-state index is -1.13. The fraction of sp³-hybridized carbons (Fsp3) is 0.769. The molecule has 2 fully saturated rings. The first-order valence-corrected chi connectivity index (χ1v) is 6.77. The molecule has 0 saturated carbocycles. The average Bonchev–Trinajstić information content (AvgIpc) is 2.75. The Morgan fingerprint density at radius 3 is 2.58 bits per heavy atom. The maximum Gasteiger partial charge on any atom is 0.329 e. The molecular formula is C13H20N2O4. The van der Waals surface area contributed by atoms with Gasteiger partial charge in [0.05, 0.1) is 6.54 Å². The zero-order chi connectivity index (χ0) is 14.0. The number of nitrogens with zero attached hydrogens (tertiary/aromatic N) is 2. The highest BCUT2D eigenvalue weighted by Crippen LogP contribution is 2.28. The van der Waals surface area contributed by atoms with Gasteiger partial charge in [-0.05, 0) is 32.6 Å². The fourth-order valence-electron chi connectivity index (χ4n) is 2.86. The maximum absolute atomic E-state index is 12.3. The number of hydrogen-bond donors (Lipinski definition) is 1. The van der Waals surface area contributed by atoms with Crippen LogP contribution in [0.4, 0.5) is 0 Å². The van der Waals surface area contributed by atoms with Crippen LogP contribution >= 0.6 is 0 Å². The average molecular weight is 268 g/mol. The molecule has 2 saturated heterocycles. The number of carbonyl (C=O) groups excluding carboxylic acids is 2. The number of aliphatic carboxylic acids is 1. The van der Waals surface area contributed by atoms with Crippen molar-refractivity contribution in [3.63, 3.8) is 0 Å². The minimum Gasteiger partial charge on any atom is -0.480 e. The number of likely N-dealkylation sites (tertiary alicyclic amines) is 2. The van der Waals surface area contributed by atoms with Crippen LogP contribution in [-0.2, 0) is 14.4 Å². The van der Waals surface area contributed by atoms with Crippen LogP contribution in [-0.4, -0.2) is 57.9 Å². The molecule has 2 aliphatic rings. The number of carboxylic acid groups (broad SMARTS) is 1. The van der Waals surface area contributed by atoms with Gasteiger partial charge in [-0.25, -0.2) is 4.79 Å². The van der Waals surface area contributed by atoms with E-state index in [1.165, 1.54) is 9.80 Å². The van der Waals surface area contributed by atoms with E-state index in [1.54, 1.807) is 6.92 Å². The summed E-state index contributed by atoms with van der Waals surface area (Å²) in [6, 6.07) is 0. The van der Waals surface area contributed by atoms with Gasteiger partial charge in [-0.15, -0.1) is 0 Å². The second kappa shape index (κ2) is 5.19. The van der Waals surface area contributed by atoms with Crippen molar-refractivity contribution < 1.29 is 19.5 Å². The lowest BCUT2D eigenvalue weighted by Gasteiger charge is -2.42. The summed E-state index contributed by atoms with van der Waals surface area (Å²) in [5.41, 5.74) is -1.13. The summed E-state index contributed by atoms with van der Waals surface area (Å²) >= 11 is 0. The molecule has 1 atom stereocenters. The van der Waals surface area contributed by atoms with Crippen molar-refractivity contribution in [3.05, 3.63) is 0 Å². The number of hydrogen-bond acceptors (Lipinski definition) is 3. The molecule has 0 aromatic heterocycles.